The summed E-state index contributed by atoms with van der Waals surface area (Å²) in [6, 6.07) is 22.7. The molecule has 1 N–H and O–H groups in total. The average molecular weight is 375 g/mol. The van der Waals surface area contributed by atoms with Crippen LogP contribution in [0.25, 0.3) is 0 Å². The molecule has 0 amide bonds. The zero-order valence-corrected chi connectivity index (χ0v) is 15.7. The molecule has 0 aliphatic carbocycles. The van der Waals surface area contributed by atoms with Gasteiger partial charge in [0.15, 0.2) is 5.78 Å². The minimum absolute atomic E-state index is 0.0674. The number of rotatable bonds is 7. The third kappa shape index (κ3) is 4.38. The Morgan fingerprint density at radius 1 is 0.786 bits per heavy atom. The van der Waals surface area contributed by atoms with Crippen LogP contribution in [0.5, 0.6) is 5.75 Å². The molecule has 0 unspecified atom stereocenters. The van der Waals surface area contributed by atoms with Crippen LogP contribution in [0.2, 0.25) is 0 Å². The highest BCUT2D eigenvalue weighted by atomic mass is 16.5. The van der Waals surface area contributed by atoms with Crippen molar-refractivity contribution in [2.75, 3.05) is 19.5 Å². The lowest BCUT2D eigenvalue weighted by molar-refractivity contribution is 0.0600. The average Bonchev–Trinajstić information content (AvgIpc) is 2.77. The first-order chi connectivity index (χ1) is 13.6. The van der Waals surface area contributed by atoms with Crippen molar-refractivity contribution in [3.8, 4) is 5.75 Å². The van der Waals surface area contributed by atoms with Gasteiger partial charge in [0.2, 0.25) is 0 Å². The molecular formula is C23H21NO4. The van der Waals surface area contributed by atoms with Gasteiger partial charge >= 0.3 is 5.97 Å². The number of carbonyl (C=O) groups is 2. The van der Waals surface area contributed by atoms with Crippen LogP contribution in [0.15, 0.2) is 78.9 Å². The van der Waals surface area contributed by atoms with Gasteiger partial charge in [-0.15, -0.1) is 0 Å². The van der Waals surface area contributed by atoms with Crippen LogP contribution in [0.4, 0.5) is 5.69 Å². The normalized spacial score (nSPS) is 11.4. The van der Waals surface area contributed by atoms with Crippen molar-refractivity contribution in [2.45, 2.75) is 6.04 Å². The largest absolute Gasteiger partial charge is 0.497 e. The van der Waals surface area contributed by atoms with E-state index in [1.165, 1.54) is 7.11 Å². The first kappa shape index (κ1) is 19.2. The highest BCUT2D eigenvalue weighted by Gasteiger charge is 2.22. The SMILES string of the molecule is COC(=O)c1ccc([C@H](Nc2ccc(OC)cc2)C(=O)c2ccccc2)cc1. The summed E-state index contributed by atoms with van der Waals surface area (Å²) < 4.78 is 9.92. The van der Waals surface area contributed by atoms with Crippen LogP contribution in [-0.2, 0) is 4.74 Å². The minimum Gasteiger partial charge on any atom is -0.497 e. The van der Waals surface area contributed by atoms with Crippen molar-refractivity contribution in [1.82, 2.24) is 0 Å². The molecule has 5 nitrogen and oxygen atoms in total. The van der Waals surface area contributed by atoms with Crippen molar-refractivity contribution in [2.24, 2.45) is 0 Å². The van der Waals surface area contributed by atoms with E-state index in [2.05, 4.69) is 5.32 Å². The lowest BCUT2D eigenvalue weighted by Crippen LogP contribution is -2.21. The molecule has 0 fully saturated rings. The van der Waals surface area contributed by atoms with Crippen LogP contribution >= 0.6 is 0 Å². The van der Waals surface area contributed by atoms with Crippen LogP contribution in [0.1, 0.15) is 32.3 Å². The molecule has 0 aliphatic heterocycles. The summed E-state index contributed by atoms with van der Waals surface area (Å²) in [5.74, 6) is 0.252. The van der Waals surface area contributed by atoms with Gasteiger partial charge in [-0.25, -0.2) is 4.79 Å². The Bertz CT molecular complexity index is 935. The van der Waals surface area contributed by atoms with E-state index in [1.807, 2.05) is 42.5 Å². The summed E-state index contributed by atoms with van der Waals surface area (Å²) in [6.07, 6.45) is 0. The summed E-state index contributed by atoms with van der Waals surface area (Å²) in [7, 11) is 2.94. The summed E-state index contributed by atoms with van der Waals surface area (Å²) >= 11 is 0. The van der Waals surface area contributed by atoms with Crippen LogP contribution in [-0.4, -0.2) is 26.0 Å². The number of methoxy groups -OCH3 is 2. The number of carbonyl (C=O) groups excluding carboxylic acids is 2. The Labute approximate surface area is 163 Å². The summed E-state index contributed by atoms with van der Waals surface area (Å²) in [4.78, 5) is 24.9. The zero-order chi connectivity index (χ0) is 19.9. The highest BCUT2D eigenvalue weighted by molar-refractivity contribution is 6.02. The van der Waals surface area contributed by atoms with Gasteiger partial charge in [0.1, 0.15) is 11.8 Å². The fourth-order valence-electron chi connectivity index (χ4n) is 2.85. The third-order valence-corrected chi connectivity index (χ3v) is 4.39. The van der Waals surface area contributed by atoms with E-state index in [0.29, 0.717) is 11.1 Å². The molecule has 0 spiro atoms. The number of benzene rings is 3. The van der Waals surface area contributed by atoms with Gasteiger partial charge in [0.05, 0.1) is 19.8 Å². The molecule has 28 heavy (non-hydrogen) atoms. The minimum atomic E-state index is -0.609. The highest BCUT2D eigenvalue weighted by Crippen LogP contribution is 2.25. The number of ether oxygens (including phenoxy) is 2. The number of anilines is 1. The van der Waals surface area contributed by atoms with Gasteiger partial charge in [0.25, 0.3) is 0 Å². The maximum atomic E-state index is 13.2. The molecule has 142 valence electrons. The second kappa shape index (κ2) is 8.86. The quantitative estimate of drug-likeness (QED) is 0.486. The molecule has 3 rings (SSSR count). The van der Waals surface area contributed by atoms with E-state index >= 15 is 0 Å². The second-order valence-corrected chi connectivity index (χ2v) is 6.15. The molecule has 0 heterocycles. The molecule has 0 aliphatic rings. The number of esters is 1. The summed E-state index contributed by atoms with van der Waals surface area (Å²) in [6.45, 7) is 0. The van der Waals surface area contributed by atoms with E-state index in [-0.39, 0.29) is 5.78 Å². The zero-order valence-electron chi connectivity index (χ0n) is 15.7. The van der Waals surface area contributed by atoms with Gasteiger partial charge in [-0.1, -0.05) is 42.5 Å². The van der Waals surface area contributed by atoms with Gasteiger partial charge < -0.3 is 14.8 Å². The number of ketones is 1. The molecule has 1 atom stereocenters. The van der Waals surface area contributed by atoms with Crippen LogP contribution in [0.3, 0.4) is 0 Å². The molecule has 3 aromatic carbocycles. The first-order valence-corrected chi connectivity index (χ1v) is 8.80. The van der Waals surface area contributed by atoms with Crippen molar-refractivity contribution in [3.63, 3.8) is 0 Å². The topological polar surface area (TPSA) is 64.6 Å². The van der Waals surface area contributed by atoms with E-state index in [1.54, 1.807) is 43.5 Å². The maximum absolute atomic E-state index is 13.2. The van der Waals surface area contributed by atoms with Gasteiger partial charge in [0, 0.05) is 11.3 Å². The fraction of sp³-hybridized carbons (Fsp3) is 0.130. The van der Waals surface area contributed by atoms with Crippen LogP contribution < -0.4 is 10.1 Å². The standard InChI is InChI=1S/C23H21NO4/c1-27-20-14-12-19(13-15-20)24-21(22(25)17-6-4-3-5-7-17)16-8-10-18(11-9-16)23(26)28-2/h3-15,21,24H,1-2H3/t21-/m0/s1. The van der Waals surface area contributed by atoms with Gasteiger partial charge in [-0.3, -0.25) is 4.79 Å². The molecule has 5 heteroatoms. The predicted octanol–water partition coefficient (Wildman–Crippen LogP) is 4.52. The summed E-state index contributed by atoms with van der Waals surface area (Å²) in [5.41, 5.74) is 2.57. The maximum Gasteiger partial charge on any atom is 0.337 e. The fourth-order valence-corrected chi connectivity index (χ4v) is 2.85. The Kier molecular flexibility index (Phi) is 6.07. The lowest BCUT2D eigenvalue weighted by Gasteiger charge is -2.20. The van der Waals surface area contributed by atoms with E-state index in [4.69, 9.17) is 9.47 Å². The number of Topliss-reactive ketones (excluding diaryl/α,β-unsaturated/α-hetero) is 1. The van der Waals surface area contributed by atoms with Crippen LogP contribution in [0, 0.1) is 0 Å². The Morgan fingerprint density at radius 3 is 2.00 bits per heavy atom. The second-order valence-electron chi connectivity index (χ2n) is 6.15. The van der Waals surface area contributed by atoms with Crippen molar-refractivity contribution in [3.05, 3.63) is 95.6 Å². The van der Waals surface area contributed by atoms with Crippen molar-refractivity contribution in [1.29, 1.82) is 0 Å². The van der Waals surface area contributed by atoms with Crippen molar-refractivity contribution < 1.29 is 19.1 Å². The lowest BCUT2D eigenvalue weighted by atomic mass is 9.96. The molecule has 0 radical (unpaired) electrons. The Morgan fingerprint density at radius 2 is 1.43 bits per heavy atom. The smallest absolute Gasteiger partial charge is 0.337 e. The predicted molar refractivity (Wildman–Crippen MR) is 108 cm³/mol. The van der Waals surface area contributed by atoms with E-state index < -0.39 is 12.0 Å². The van der Waals surface area contributed by atoms with E-state index in [0.717, 1.165) is 17.0 Å². The Balaban J connectivity index is 1.93. The molecular weight excluding hydrogens is 354 g/mol. The molecule has 0 saturated carbocycles. The first-order valence-electron chi connectivity index (χ1n) is 8.80. The number of hydrogen-bond donors (Lipinski definition) is 1. The molecule has 0 bridgehead atoms. The molecule has 0 aromatic heterocycles. The van der Waals surface area contributed by atoms with Gasteiger partial charge in [-0.05, 0) is 42.0 Å². The molecule has 3 aromatic rings. The van der Waals surface area contributed by atoms with E-state index in [9.17, 15) is 9.59 Å². The number of hydrogen-bond acceptors (Lipinski definition) is 5. The monoisotopic (exact) mass is 375 g/mol. The Hall–Kier alpha value is -3.60. The van der Waals surface area contributed by atoms with Crippen molar-refractivity contribution >= 4 is 17.4 Å². The molecule has 0 saturated heterocycles. The third-order valence-electron chi connectivity index (χ3n) is 4.39. The number of nitrogens with one attached hydrogen (secondary N) is 1. The summed E-state index contributed by atoms with van der Waals surface area (Å²) in [5, 5.41) is 3.29. The van der Waals surface area contributed by atoms with Gasteiger partial charge in [-0.2, -0.15) is 0 Å².